The van der Waals surface area contributed by atoms with Gasteiger partial charge in [0.05, 0.1) is 10.7 Å². The summed E-state index contributed by atoms with van der Waals surface area (Å²) in [6.07, 6.45) is 0.0965. The third-order valence-corrected chi connectivity index (χ3v) is 3.85. The summed E-state index contributed by atoms with van der Waals surface area (Å²) >= 11 is 5.99. The highest BCUT2D eigenvalue weighted by Gasteiger charge is 2.14. The summed E-state index contributed by atoms with van der Waals surface area (Å²) in [6, 6.07) is 13.2. The predicted octanol–water partition coefficient (Wildman–Crippen LogP) is 3.86. The van der Waals surface area contributed by atoms with Gasteiger partial charge in [-0.2, -0.15) is 0 Å². The molecule has 0 saturated heterocycles. The Morgan fingerprint density at radius 2 is 1.79 bits per heavy atom. The van der Waals surface area contributed by atoms with Crippen LogP contribution in [0.2, 0.25) is 5.02 Å². The van der Waals surface area contributed by atoms with E-state index in [-0.39, 0.29) is 37.1 Å². The highest BCUT2D eigenvalue weighted by Crippen LogP contribution is 2.20. The lowest BCUT2D eigenvalue weighted by molar-refractivity contribution is -0.130. The lowest BCUT2D eigenvalue weighted by Crippen LogP contribution is -2.31. The minimum Gasteiger partial charge on any atom is -0.338 e. The average Bonchev–Trinajstić information content (AvgIpc) is 2.55. The van der Waals surface area contributed by atoms with E-state index in [4.69, 9.17) is 11.6 Å². The first-order chi connectivity index (χ1) is 11.5. The van der Waals surface area contributed by atoms with Crippen LogP contribution < -0.4 is 5.32 Å². The van der Waals surface area contributed by atoms with Gasteiger partial charge < -0.3 is 10.2 Å². The van der Waals surface area contributed by atoms with Crippen LogP contribution >= 0.6 is 11.6 Å². The zero-order chi connectivity index (χ0) is 17.5. The van der Waals surface area contributed by atoms with Crippen molar-refractivity contribution in [3.8, 4) is 0 Å². The maximum absolute atomic E-state index is 13.7. The van der Waals surface area contributed by atoms with Crippen molar-refractivity contribution in [1.82, 2.24) is 4.90 Å². The Labute approximate surface area is 145 Å². The second kappa shape index (κ2) is 8.45. The molecule has 0 saturated carbocycles. The summed E-state index contributed by atoms with van der Waals surface area (Å²) in [7, 11) is 0. The van der Waals surface area contributed by atoms with Crippen LogP contribution in [0.5, 0.6) is 0 Å². The lowest BCUT2D eigenvalue weighted by atomic mass is 10.2. The van der Waals surface area contributed by atoms with Crippen molar-refractivity contribution in [2.75, 3.05) is 11.9 Å². The number of amides is 2. The van der Waals surface area contributed by atoms with E-state index in [1.54, 1.807) is 42.5 Å². The van der Waals surface area contributed by atoms with Crippen molar-refractivity contribution in [3.63, 3.8) is 0 Å². The van der Waals surface area contributed by atoms with E-state index in [1.165, 1.54) is 17.9 Å². The van der Waals surface area contributed by atoms with E-state index in [0.29, 0.717) is 16.3 Å². The van der Waals surface area contributed by atoms with E-state index in [2.05, 4.69) is 5.32 Å². The molecule has 0 bridgehead atoms. The maximum atomic E-state index is 13.7. The second-order valence-corrected chi connectivity index (χ2v) is 5.72. The molecule has 0 heterocycles. The number of para-hydroxylation sites is 1. The second-order valence-electron chi connectivity index (χ2n) is 5.31. The molecule has 0 atom stereocenters. The third-order valence-electron chi connectivity index (χ3n) is 3.52. The molecule has 1 N–H and O–H groups in total. The van der Waals surface area contributed by atoms with Gasteiger partial charge in [-0.3, -0.25) is 9.59 Å². The van der Waals surface area contributed by atoms with Gasteiger partial charge in [-0.25, -0.2) is 4.39 Å². The molecule has 2 rings (SSSR count). The summed E-state index contributed by atoms with van der Waals surface area (Å²) in [5.41, 5.74) is 0.937. The van der Waals surface area contributed by atoms with Crippen LogP contribution in [0.15, 0.2) is 48.5 Å². The summed E-state index contributed by atoms with van der Waals surface area (Å²) in [4.78, 5) is 25.2. The molecule has 2 amide bonds. The van der Waals surface area contributed by atoms with Gasteiger partial charge in [-0.05, 0) is 18.2 Å². The molecule has 6 heteroatoms. The molecule has 0 aliphatic heterocycles. The number of rotatable bonds is 6. The fraction of sp³-hybridized carbons (Fsp3) is 0.222. The standard InChI is InChI=1S/C18H18ClFN2O2/c1-13(23)22(12-14-6-2-4-8-16(14)20)11-10-18(24)21-17-9-5-3-7-15(17)19/h2-9H,10-12H2,1H3,(H,21,24). The van der Waals surface area contributed by atoms with Crippen LogP contribution in [-0.4, -0.2) is 23.3 Å². The first-order valence-corrected chi connectivity index (χ1v) is 7.88. The topological polar surface area (TPSA) is 49.4 Å². The zero-order valence-corrected chi connectivity index (χ0v) is 14.0. The van der Waals surface area contributed by atoms with Gasteiger partial charge in [-0.1, -0.05) is 41.9 Å². The molecule has 126 valence electrons. The van der Waals surface area contributed by atoms with Crippen molar-refractivity contribution in [1.29, 1.82) is 0 Å². The molecule has 0 aromatic heterocycles. The number of anilines is 1. The van der Waals surface area contributed by atoms with Crippen molar-refractivity contribution in [3.05, 3.63) is 64.9 Å². The number of benzene rings is 2. The van der Waals surface area contributed by atoms with Crippen LogP contribution in [0.4, 0.5) is 10.1 Å². The largest absolute Gasteiger partial charge is 0.338 e. The van der Waals surface area contributed by atoms with Gasteiger partial charge in [0.25, 0.3) is 0 Å². The number of hydrogen-bond acceptors (Lipinski definition) is 2. The molecular formula is C18H18ClFN2O2. The molecule has 4 nitrogen and oxygen atoms in total. The molecule has 0 unspecified atom stereocenters. The van der Waals surface area contributed by atoms with Crippen LogP contribution in [0.1, 0.15) is 18.9 Å². The molecule has 0 spiro atoms. The number of carbonyl (C=O) groups excluding carboxylic acids is 2. The molecule has 24 heavy (non-hydrogen) atoms. The molecule has 0 aliphatic carbocycles. The highest BCUT2D eigenvalue weighted by atomic mass is 35.5. The van der Waals surface area contributed by atoms with Crippen molar-refractivity contribution >= 4 is 29.1 Å². The van der Waals surface area contributed by atoms with Crippen molar-refractivity contribution < 1.29 is 14.0 Å². The number of hydrogen-bond donors (Lipinski definition) is 1. The first kappa shape index (κ1) is 17.9. The summed E-state index contributed by atoms with van der Waals surface area (Å²) < 4.78 is 13.7. The Hall–Kier alpha value is -2.40. The van der Waals surface area contributed by atoms with E-state index in [1.807, 2.05) is 0 Å². The zero-order valence-electron chi connectivity index (χ0n) is 13.3. The van der Waals surface area contributed by atoms with Crippen LogP contribution in [0.25, 0.3) is 0 Å². The molecule has 2 aromatic carbocycles. The first-order valence-electron chi connectivity index (χ1n) is 7.50. The van der Waals surface area contributed by atoms with E-state index >= 15 is 0 Å². The van der Waals surface area contributed by atoms with E-state index < -0.39 is 0 Å². The Morgan fingerprint density at radius 3 is 2.46 bits per heavy atom. The van der Waals surface area contributed by atoms with Crippen LogP contribution in [0.3, 0.4) is 0 Å². The molecule has 0 radical (unpaired) electrons. The van der Waals surface area contributed by atoms with Crippen molar-refractivity contribution in [2.45, 2.75) is 19.9 Å². The summed E-state index contributed by atoms with van der Waals surface area (Å²) in [5.74, 6) is -0.851. The summed E-state index contributed by atoms with van der Waals surface area (Å²) in [5, 5.41) is 3.14. The van der Waals surface area contributed by atoms with E-state index in [9.17, 15) is 14.0 Å². The molecular weight excluding hydrogens is 331 g/mol. The summed E-state index contributed by atoms with van der Waals surface area (Å²) in [6.45, 7) is 1.72. The van der Waals surface area contributed by atoms with Gasteiger partial charge in [0, 0.05) is 32.0 Å². The SMILES string of the molecule is CC(=O)N(CCC(=O)Nc1ccccc1Cl)Cc1ccccc1F. The van der Waals surface area contributed by atoms with Crippen molar-refractivity contribution in [2.24, 2.45) is 0 Å². The predicted molar refractivity (Wildman–Crippen MR) is 92.2 cm³/mol. The quantitative estimate of drug-likeness (QED) is 0.861. The maximum Gasteiger partial charge on any atom is 0.226 e. The van der Waals surface area contributed by atoms with Gasteiger partial charge in [0.1, 0.15) is 5.82 Å². The Bertz CT molecular complexity index is 736. The third kappa shape index (κ3) is 5.06. The Kier molecular flexibility index (Phi) is 6.32. The smallest absolute Gasteiger partial charge is 0.226 e. The van der Waals surface area contributed by atoms with Gasteiger partial charge in [-0.15, -0.1) is 0 Å². The van der Waals surface area contributed by atoms with Gasteiger partial charge in [0.2, 0.25) is 11.8 Å². The fourth-order valence-corrected chi connectivity index (χ4v) is 2.37. The minimum absolute atomic E-state index is 0.0965. The normalized spacial score (nSPS) is 10.3. The molecule has 2 aromatic rings. The minimum atomic E-state index is -0.371. The molecule has 0 fully saturated rings. The lowest BCUT2D eigenvalue weighted by Gasteiger charge is -2.21. The number of nitrogens with zero attached hydrogens (tertiary/aromatic N) is 1. The van der Waals surface area contributed by atoms with Gasteiger partial charge >= 0.3 is 0 Å². The Morgan fingerprint density at radius 1 is 1.12 bits per heavy atom. The highest BCUT2D eigenvalue weighted by molar-refractivity contribution is 6.33. The Balaban J connectivity index is 1.94. The number of nitrogens with one attached hydrogen (secondary N) is 1. The number of carbonyl (C=O) groups is 2. The van der Waals surface area contributed by atoms with E-state index in [0.717, 1.165) is 0 Å². The van der Waals surface area contributed by atoms with Gasteiger partial charge in [0.15, 0.2) is 0 Å². The van der Waals surface area contributed by atoms with Crippen LogP contribution in [0, 0.1) is 5.82 Å². The number of halogens is 2. The molecule has 0 aliphatic rings. The fourth-order valence-electron chi connectivity index (χ4n) is 2.19. The van der Waals surface area contributed by atoms with Crippen LogP contribution in [-0.2, 0) is 16.1 Å². The average molecular weight is 349 g/mol. The monoisotopic (exact) mass is 348 g/mol.